The molecule has 4 rings (SSSR count). The number of carbonyl (C=O) groups excluding carboxylic acids is 2. The molecule has 1 aliphatic carbocycles. The van der Waals surface area contributed by atoms with Gasteiger partial charge in [0.05, 0.1) is 22.8 Å². The Morgan fingerprint density at radius 3 is 2.69 bits per heavy atom. The minimum atomic E-state index is -0.903. The predicted molar refractivity (Wildman–Crippen MR) is 119 cm³/mol. The highest BCUT2D eigenvalue weighted by Gasteiger charge is 2.50. The normalized spacial score (nSPS) is 28.1. The summed E-state index contributed by atoms with van der Waals surface area (Å²) in [7, 11) is 0. The number of aliphatic hydroxyl groups excluding tert-OH is 1. The number of anilines is 1. The van der Waals surface area contributed by atoms with E-state index < -0.39 is 11.5 Å². The van der Waals surface area contributed by atoms with Crippen LogP contribution in [0.5, 0.6) is 5.75 Å². The lowest BCUT2D eigenvalue weighted by Gasteiger charge is -2.41. The first-order valence-corrected chi connectivity index (χ1v) is 11.7. The molecule has 1 atom stereocenters. The van der Waals surface area contributed by atoms with Gasteiger partial charge in [0.25, 0.3) is 0 Å². The Kier molecular flexibility index (Phi) is 6.29. The number of nitrogens with zero attached hydrogens (tertiary/aromatic N) is 3. The molecule has 3 aliphatic rings. The van der Waals surface area contributed by atoms with Gasteiger partial charge in [0, 0.05) is 31.2 Å². The number of nitriles is 1. The Labute approximate surface area is 188 Å². The molecule has 1 aromatic rings. The lowest BCUT2D eigenvalue weighted by Crippen LogP contribution is -2.50. The van der Waals surface area contributed by atoms with Crippen molar-refractivity contribution in [3.05, 3.63) is 23.3 Å². The number of hydrogen-bond donors (Lipinski definition) is 2. The molecule has 3 N–H and O–H groups in total. The first-order valence-electron chi connectivity index (χ1n) is 11.7. The van der Waals surface area contributed by atoms with Crippen molar-refractivity contribution in [1.82, 2.24) is 4.90 Å². The van der Waals surface area contributed by atoms with Crippen LogP contribution in [0, 0.1) is 16.7 Å². The van der Waals surface area contributed by atoms with E-state index >= 15 is 0 Å². The van der Waals surface area contributed by atoms with Crippen LogP contribution in [-0.2, 0) is 11.2 Å². The van der Waals surface area contributed by atoms with E-state index in [1.807, 2.05) is 6.92 Å². The summed E-state index contributed by atoms with van der Waals surface area (Å²) < 4.78 is 5.11. The summed E-state index contributed by atoms with van der Waals surface area (Å²) in [6.45, 7) is 4.04. The smallest absolute Gasteiger partial charge is 0.409 e. The Morgan fingerprint density at radius 1 is 1.28 bits per heavy atom. The SMILES string of the molecule is CCc1c(OC(N)=O)ccc(N2CCC[C@@]3(CCN(C4CCC(O)CC4)C3=O)C2)c1C#N. The summed E-state index contributed by atoms with van der Waals surface area (Å²) >= 11 is 0. The monoisotopic (exact) mass is 440 g/mol. The number of piperidine rings is 1. The first kappa shape index (κ1) is 22.4. The minimum Gasteiger partial charge on any atom is -0.410 e. The zero-order chi connectivity index (χ0) is 22.9. The molecule has 2 saturated heterocycles. The predicted octanol–water partition coefficient (Wildman–Crippen LogP) is 2.70. The zero-order valence-electron chi connectivity index (χ0n) is 18.7. The molecule has 32 heavy (non-hydrogen) atoms. The molecule has 0 aromatic heterocycles. The van der Waals surface area contributed by atoms with Crippen molar-refractivity contribution in [1.29, 1.82) is 5.26 Å². The number of aliphatic hydroxyl groups is 1. The molecule has 0 unspecified atom stereocenters. The summed E-state index contributed by atoms with van der Waals surface area (Å²) in [5, 5.41) is 19.7. The Balaban J connectivity index is 1.57. The standard InChI is InChI=1S/C24H32N4O4/c1-2-18-19(14-25)20(8-9-21(18)32-23(26)31)27-12-3-10-24(15-27)11-13-28(22(24)30)16-4-6-17(29)7-5-16/h8-9,16-17,29H,2-7,10-13,15H2,1H3,(H2,26,31)/t16?,17?,24-/m1/s1. The van der Waals surface area contributed by atoms with Gasteiger partial charge in [0.15, 0.2) is 0 Å². The highest BCUT2D eigenvalue weighted by molar-refractivity contribution is 5.86. The van der Waals surface area contributed by atoms with E-state index in [9.17, 15) is 20.0 Å². The average Bonchev–Trinajstić information content (AvgIpc) is 3.08. The molecule has 0 radical (unpaired) electrons. The van der Waals surface area contributed by atoms with Crippen molar-refractivity contribution in [3.63, 3.8) is 0 Å². The molecule has 2 heterocycles. The Bertz CT molecular complexity index is 935. The largest absolute Gasteiger partial charge is 0.410 e. The third-order valence-corrected chi connectivity index (χ3v) is 7.49. The van der Waals surface area contributed by atoms with E-state index in [0.29, 0.717) is 29.8 Å². The molecular formula is C24H32N4O4. The number of rotatable bonds is 4. The van der Waals surface area contributed by atoms with Crippen molar-refractivity contribution in [2.45, 2.75) is 70.4 Å². The van der Waals surface area contributed by atoms with Crippen molar-refractivity contribution in [2.75, 3.05) is 24.5 Å². The summed E-state index contributed by atoms with van der Waals surface area (Å²) in [4.78, 5) is 29.1. The highest BCUT2D eigenvalue weighted by Crippen LogP contribution is 2.44. The lowest BCUT2D eigenvalue weighted by molar-refractivity contribution is -0.139. The summed E-state index contributed by atoms with van der Waals surface area (Å²) in [6.07, 6.45) is 5.22. The number of amides is 2. The maximum absolute atomic E-state index is 13.6. The molecule has 1 spiro atoms. The van der Waals surface area contributed by atoms with Crippen molar-refractivity contribution < 1.29 is 19.4 Å². The minimum absolute atomic E-state index is 0.228. The quantitative estimate of drug-likeness (QED) is 0.743. The second kappa shape index (κ2) is 8.99. The number of carbonyl (C=O) groups is 2. The number of hydrogen-bond acceptors (Lipinski definition) is 6. The van der Waals surface area contributed by atoms with E-state index in [1.165, 1.54) is 0 Å². The van der Waals surface area contributed by atoms with Gasteiger partial charge >= 0.3 is 6.09 Å². The third kappa shape index (κ3) is 4.02. The fourth-order valence-electron chi connectivity index (χ4n) is 5.84. The van der Waals surface area contributed by atoms with Crippen LogP contribution in [0.25, 0.3) is 0 Å². The topological polar surface area (TPSA) is 120 Å². The number of benzene rings is 1. The van der Waals surface area contributed by atoms with Crippen LogP contribution in [0.1, 0.15) is 63.0 Å². The van der Waals surface area contributed by atoms with E-state index in [4.69, 9.17) is 10.5 Å². The fourth-order valence-corrected chi connectivity index (χ4v) is 5.84. The third-order valence-electron chi connectivity index (χ3n) is 7.49. The maximum Gasteiger partial charge on any atom is 0.409 e. The highest BCUT2D eigenvalue weighted by atomic mass is 16.5. The van der Waals surface area contributed by atoms with Gasteiger partial charge in [0.1, 0.15) is 11.8 Å². The van der Waals surface area contributed by atoms with E-state index in [0.717, 1.165) is 63.7 Å². The van der Waals surface area contributed by atoms with Crippen molar-refractivity contribution in [3.8, 4) is 11.8 Å². The van der Waals surface area contributed by atoms with Gasteiger partial charge in [-0.05, 0) is 63.5 Å². The molecule has 2 amide bonds. The van der Waals surface area contributed by atoms with Gasteiger partial charge < -0.3 is 25.4 Å². The van der Waals surface area contributed by atoms with Crippen LogP contribution in [-0.4, -0.2) is 53.8 Å². The second-order valence-electron chi connectivity index (χ2n) is 9.34. The number of primary amides is 1. The maximum atomic E-state index is 13.6. The molecule has 2 aliphatic heterocycles. The van der Waals surface area contributed by atoms with Crippen LogP contribution >= 0.6 is 0 Å². The summed E-state index contributed by atoms with van der Waals surface area (Å²) in [5.41, 5.74) is 6.68. The lowest BCUT2D eigenvalue weighted by atomic mass is 9.78. The van der Waals surface area contributed by atoms with Crippen molar-refractivity contribution in [2.24, 2.45) is 11.1 Å². The molecular weight excluding hydrogens is 408 g/mol. The van der Waals surface area contributed by atoms with Crippen LogP contribution in [0.3, 0.4) is 0 Å². The van der Waals surface area contributed by atoms with E-state index in [2.05, 4.69) is 15.9 Å². The van der Waals surface area contributed by atoms with Gasteiger partial charge in [-0.3, -0.25) is 4.79 Å². The molecule has 0 bridgehead atoms. The van der Waals surface area contributed by atoms with Crippen LogP contribution in [0.15, 0.2) is 12.1 Å². The fraction of sp³-hybridized carbons (Fsp3) is 0.625. The first-order chi connectivity index (χ1) is 15.4. The molecule has 3 fully saturated rings. The molecule has 8 nitrogen and oxygen atoms in total. The number of likely N-dealkylation sites (tertiary alicyclic amines) is 1. The van der Waals surface area contributed by atoms with Gasteiger partial charge in [-0.1, -0.05) is 6.92 Å². The Morgan fingerprint density at radius 2 is 2.03 bits per heavy atom. The van der Waals surface area contributed by atoms with Crippen molar-refractivity contribution >= 4 is 17.7 Å². The van der Waals surface area contributed by atoms with Gasteiger partial charge in [-0.25, -0.2) is 4.79 Å². The molecule has 1 aromatic carbocycles. The second-order valence-corrected chi connectivity index (χ2v) is 9.34. The number of ether oxygens (including phenoxy) is 1. The van der Waals surface area contributed by atoms with Gasteiger partial charge in [0.2, 0.25) is 5.91 Å². The van der Waals surface area contributed by atoms with Crippen LogP contribution < -0.4 is 15.4 Å². The molecule has 172 valence electrons. The zero-order valence-corrected chi connectivity index (χ0v) is 18.7. The van der Waals surface area contributed by atoms with Gasteiger partial charge in [-0.2, -0.15) is 5.26 Å². The molecule has 8 heteroatoms. The van der Waals surface area contributed by atoms with E-state index in [-0.39, 0.29) is 18.1 Å². The number of nitrogens with two attached hydrogens (primary N) is 1. The van der Waals surface area contributed by atoms with Crippen LogP contribution in [0.4, 0.5) is 10.5 Å². The van der Waals surface area contributed by atoms with Gasteiger partial charge in [-0.15, -0.1) is 0 Å². The van der Waals surface area contributed by atoms with Crippen LogP contribution in [0.2, 0.25) is 0 Å². The average molecular weight is 441 g/mol. The molecule has 1 saturated carbocycles. The van der Waals surface area contributed by atoms with E-state index in [1.54, 1.807) is 12.1 Å². The summed E-state index contributed by atoms with van der Waals surface area (Å²) in [5.74, 6) is 0.543. The summed E-state index contributed by atoms with van der Waals surface area (Å²) in [6, 6.07) is 6.01. The Hall–Kier alpha value is -2.79.